The van der Waals surface area contributed by atoms with Gasteiger partial charge in [0.05, 0.1) is 12.8 Å². The molecular weight excluding hydrogens is 480 g/mol. The van der Waals surface area contributed by atoms with Crippen LogP contribution in [-0.2, 0) is 25.5 Å². The predicted octanol–water partition coefficient (Wildman–Crippen LogP) is 7.55. The molecule has 0 fully saturated rings. The van der Waals surface area contributed by atoms with Crippen LogP contribution in [0.2, 0.25) is 0 Å². The summed E-state index contributed by atoms with van der Waals surface area (Å²) in [6, 6.07) is 14.1. The van der Waals surface area contributed by atoms with E-state index >= 15 is 0 Å². The minimum Gasteiger partial charge on any atom is -0.489 e. The zero-order valence-corrected chi connectivity index (χ0v) is 24.3. The summed E-state index contributed by atoms with van der Waals surface area (Å²) < 4.78 is 23.9. The number of carbonyl (C=O) groups is 2. The molecule has 0 saturated heterocycles. The molecule has 0 N–H and O–H groups in total. The lowest BCUT2D eigenvalue weighted by molar-refractivity contribution is -0.157. The Morgan fingerprint density at radius 3 is 1.53 bits per heavy atom. The van der Waals surface area contributed by atoms with Crippen LogP contribution in [0.4, 0.5) is 0 Å². The monoisotopic (exact) mass is 522 g/mol. The van der Waals surface area contributed by atoms with Gasteiger partial charge in [0.2, 0.25) is 0 Å². The second kappa shape index (κ2) is 11.6. The van der Waals surface area contributed by atoms with Gasteiger partial charge in [-0.25, -0.2) is 0 Å². The third-order valence-electron chi connectivity index (χ3n) is 5.78. The zero-order valence-electron chi connectivity index (χ0n) is 24.3. The van der Waals surface area contributed by atoms with Crippen LogP contribution in [0.1, 0.15) is 80.7 Å². The molecule has 0 amide bonds. The summed E-state index contributed by atoms with van der Waals surface area (Å²) >= 11 is 0. The number of benzene rings is 3. The van der Waals surface area contributed by atoms with E-state index in [1.165, 1.54) is 0 Å². The maximum Gasteiger partial charge on any atom is 0.310 e. The minimum absolute atomic E-state index is 0.130. The van der Waals surface area contributed by atoms with Crippen LogP contribution in [-0.4, -0.2) is 35.3 Å². The molecule has 0 aromatic heterocycles. The van der Waals surface area contributed by atoms with E-state index in [4.69, 9.17) is 18.9 Å². The van der Waals surface area contributed by atoms with Crippen LogP contribution in [0, 0.1) is 0 Å². The molecule has 3 aromatic rings. The Hall–Kier alpha value is -3.28. The summed E-state index contributed by atoms with van der Waals surface area (Å²) in [5.74, 6) is 0.794. The minimum atomic E-state index is -0.554. The van der Waals surface area contributed by atoms with Crippen molar-refractivity contribution in [3.8, 4) is 11.5 Å². The van der Waals surface area contributed by atoms with E-state index in [1.54, 1.807) is 0 Å². The highest BCUT2D eigenvalue weighted by molar-refractivity contribution is 6.11. The molecule has 0 aliphatic rings. The Balaban J connectivity index is 2.03. The molecule has 3 rings (SSSR count). The molecular formula is C32H42O6. The number of carbonyl (C=O) groups excluding carboxylic acids is 2. The fraction of sp³-hybridized carbons (Fsp3) is 0.500. The average Bonchev–Trinajstić information content (AvgIpc) is 2.78. The summed E-state index contributed by atoms with van der Waals surface area (Å²) in [7, 11) is 0. The molecule has 0 bridgehead atoms. The maximum absolute atomic E-state index is 12.5. The summed E-state index contributed by atoms with van der Waals surface area (Å²) in [6.45, 7) is 17.0. The first-order chi connectivity index (χ1) is 17.7. The van der Waals surface area contributed by atoms with Gasteiger partial charge < -0.3 is 18.9 Å². The fourth-order valence-electron chi connectivity index (χ4n) is 4.34. The number of esters is 2. The van der Waals surface area contributed by atoms with Crippen molar-refractivity contribution >= 4 is 33.5 Å². The topological polar surface area (TPSA) is 71.1 Å². The number of fused-ring (bicyclic) bond motifs is 2. The fourth-order valence-corrected chi connectivity index (χ4v) is 4.34. The maximum atomic E-state index is 12.5. The van der Waals surface area contributed by atoms with Crippen molar-refractivity contribution in [2.24, 2.45) is 0 Å². The highest BCUT2D eigenvalue weighted by Gasteiger charge is 2.24. The van der Waals surface area contributed by atoms with E-state index in [9.17, 15) is 9.59 Å². The van der Waals surface area contributed by atoms with Crippen molar-refractivity contribution in [3.05, 3.63) is 48.0 Å². The van der Waals surface area contributed by atoms with Crippen molar-refractivity contribution in [2.45, 2.75) is 105 Å². The summed E-state index contributed by atoms with van der Waals surface area (Å²) in [5, 5.41) is 3.54. The van der Waals surface area contributed by atoms with Crippen molar-refractivity contribution < 1.29 is 28.5 Å². The van der Waals surface area contributed by atoms with E-state index < -0.39 is 23.4 Å². The first-order valence-electron chi connectivity index (χ1n) is 13.4. The number of hydrogen-bond acceptors (Lipinski definition) is 6. The second-order valence-electron chi connectivity index (χ2n) is 11.9. The van der Waals surface area contributed by atoms with Crippen LogP contribution in [0.25, 0.3) is 21.5 Å². The number of aryl methyl sites for hydroxylation is 1. The summed E-state index contributed by atoms with van der Waals surface area (Å²) in [5.41, 5.74) is 0.0494. The van der Waals surface area contributed by atoms with E-state index in [0.717, 1.165) is 33.5 Å². The van der Waals surface area contributed by atoms with Gasteiger partial charge in [-0.05, 0) is 73.4 Å². The quantitative estimate of drug-likeness (QED) is 0.213. The van der Waals surface area contributed by atoms with Crippen LogP contribution in [0.15, 0.2) is 42.5 Å². The van der Waals surface area contributed by atoms with Gasteiger partial charge >= 0.3 is 11.9 Å². The SMILES string of the molecule is CCc1ccc2c(OC(C)CC(=O)OC(C)(C)C)c3ccccc3c(OC(C)CC(=O)OC(C)(C)C)c2c1. The molecule has 38 heavy (non-hydrogen) atoms. The lowest BCUT2D eigenvalue weighted by atomic mass is 9.98. The third-order valence-corrected chi connectivity index (χ3v) is 5.78. The highest BCUT2D eigenvalue weighted by Crippen LogP contribution is 2.44. The highest BCUT2D eigenvalue weighted by atomic mass is 16.6. The molecule has 0 spiro atoms. The van der Waals surface area contributed by atoms with Crippen molar-refractivity contribution in [1.82, 2.24) is 0 Å². The predicted molar refractivity (Wildman–Crippen MR) is 152 cm³/mol. The van der Waals surface area contributed by atoms with E-state index in [1.807, 2.05) is 85.7 Å². The van der Waals surface area contributed by atoms with Gasteiger partial charge in [0, 0.05) is 21.5 Å². The molecule has 2 unspecified atom stereocenters. The molecule has 206 valence electrons. The van der Waals surface area contributed by atoms with Crippen LogP contribution in [0.5, 0.6) is 11.5 Å². The number of ether oxygens (including phenoxy) is 4. The van der Waals surface area contributed by atoms with Gasteiger partial charge in [0.15, 0.2) is 0 Å². The second-order valence-corrected chi connectivity index (χ2v) is 11.9. The van der Waals surface area contributed by atoms with Crippen LogP contribution < -0.4 is 9.47 Å². The van der Waals surface area contributed by atoms with Gasteiger partial charge in [-0.1, -0.05) is 43.3 Å². The standard InChI is InChI=1S/C32H42O6/c1-10-22-15-16-25-26(19-22)30(36-21(3)18-28(34)38-32(7,8)9)24-14-12-11-13-23(24)29(25)35-20(2)17-27(33)37-31(4,5)6/h11-16,19-21H,10,17-18H2,1-9H3. The molecule has 0 aliphatic heterocycles. The smallest absolute Gasteiger partial charge is 0.310 e. The van der Waals surface area contributed by atoms with E-state index in [2.05, 4.69) is 19.1 Å². The van der Waals surface area contributed by atoms with Gasteiger partial charge in [0.1, 0.15) is 34.9 Å². The molecule has 3 aromatic carbocycles. The lowest BCUT2D eigenvalue weighted by Gasteiger charge is -2.24. The first-order valence-corrected chi connectivity index (χ1v) is 13.4. The Labute approximate surface area is 226 Å². The Kier molecular flexibility index (Phi) is 8.96. The van der Waals surface area contributed by atoms with Gasteiger partial charge in [0.25, 0.3) is 0 Å². The molecule has 0 saturated carbocycles. The normalized spacial score (nSPS) is 13.7. The van der Waals surface area contributed by atoms with Gasteiger partial charge in [-0.15, -0.1) is 0 Å². The molecule has 0 aliphatic carbocycles. The van der Waals surface area contributed by atoms with Gasteiger partial charge in [-0.2, -0.15) is 0 Å². The zero-order chi connectivity index (χ0) is 28.3. The Bertz CT molecular complexity index is 1300. The largest absolute Gasteiger partial charge is 0.489 e. The van der Waals surface area contributed by atoms with Crippen LogP contribution in [0.3, 0.4) is 0 Å². The molecule has 2 atom stereocenters. The number of hydrogen-bond donors (Lipinski definition) is 0. The van der Waals surface area contributed by atoms with Gasteiger partial charge in [-0.3, -0.25) is 9.59 Å². The number of rotatable bonds is 9. The summed E-state index contributed by atoms with van der Waals surface area (Å²) in [4.78, 5) is 24.9. The molecule has 6 nitrogen and oxygen atoms in total. The first kappa shape index (κ1) is 29.3. The Morgan fingerprint density at radius 1 is 0.684 bits per heavy atom. The van der Waals surface area contributed by atoms with Crippen molar-refractivity contribution in [1.29, 1.82) is 0 Å². The molecule has 0 heterocycles. The van der Waals surface area contributed by atoms with E-state index in [-0.39, 0.29) is 24.8 Å². The van der Waals surface area contributed by atoms with Crippen molar-refractivity contribution in [2.75, 3.05) is 0 Å². The Morgan fingerprint density at radius 2 is 1.11 bits per heavy atom. The van der Waals surface area contributed by atoms with Crippen molar-refractivity contribution in [3.63, 3.8) is 0 Å². The molecule has 6 heteroatoms. The van der Waals surface area contributed by atoms with E-state index in [0.29, 0.717) is 11.5 Å². The lowest BCUT2D eigenvalue weighted by Crippen LogP contribution is -2.27. The summed E-state index contributed by atoms with van der Waals surface area (Å²) in [6.07, 6.45) is 0.317. The average molecular weight is 523 g/mol. The third kappa shape index (κ3) is 7.86. The molecule has 0 radical (unpaired) electrons. The van der Waals surface area contributed by atoms with Crippen LogP contribution >= 0.6 is 0 Å².